The summed E-state index contributed by atoms with van der Waals surface area (Å²) in [5.41, 5.74) is 1.27. The quantitative estimate of drug-likeness (QED) is 0.538. The molecule has 2 N–H and O–H groups in total. The molecule has 2 atom stereocenters. The average Bonchev–Trinajstić information content (AvgIpc) is 3.38. The minimum atomic E-state index is 0.102. The van der Waals surface area contributed by atoms with E-state index in [1.807, 2.05) is 25.1 Å². The number of nitrogens with one attached hydrogen (secondary N) is 2. The predicted molar refractivity (Wildman–Crippen MR) is 117 cm³/mol. The second-order valence-electron chi connectivity index (χ2n) is 7.76. The number of para-hydroxylation sites is 1. The molecule has 1 aromatic carbocycles. The lowest BCUT2D eigenvalue weighted by Gasteiger charge is -2.32. The number of nitrogens with zero attached hydrogens (tertiary/aromatic N) is 2. The minimum absolute atomic E-state index is 0.102. The Morgan fingerprint density at radius 1 is 1.17 bits per heavy atom. The van der Waals surface area contributed by atoms with E-state index >= 15 is 0 Å². The SMILES string of the molecule is CCNC(=NCC(c1ccc(C)o1)N1CCOCC1)NCC1Cc2ccccc2O1. The van der Waals surface area contributed by atoms with Crippen LogP contribution in [0.1, 0.15) is 30.0 Å². The fourth-order valence-corrected chi connectivity index (χ4v) is 4.00. The van der Waals surface area contributed by atoms with Crippen molar-refractivity contribution in [2.24, 2.45) is 4.99 Å². The third-order valence-electron chi connectivity index (χ3n) is 5.55. The normalized spacial score (nSPS) is 20.5. The first kappa shape index (κ1) is 20.8. The Bertz CT molecular complexity index is 819. The van der Waals surface area contributed by atoms with Crippen molar-refractivity contribution in [2.45, 2.75) is 32.4 Å². The summed E-state index contributed by atoms with van der Waals surface area (Å²) in [6.07, 6.45) is 1.04. The van der Waals surface area contributed by atoms with Gasteiger partial charge in [0.15, 0.2) is 5.96 Å². The van der Waals surface area contributed by atoms with E-state index in [0.29, 0.717) is 13.1 Å². The molecule has 30 heavy (non-hydrogen) atoms. The third-order valence-corrected chi connectivity index (χ3v) is 5.55. The summed E-state index contributed by atoms with van der Waals surface area (Å²) >= 11 is 0. The lowest BCUT2D eigenvalue weighted by molar-refractivity contribution is 0.0135. The molecule has 0 saturated carbocycles. The standard InChI is InChI=1S/C23H32N4O3/c1-3-24-23(25-15-19-14-18-6-4-5-7-21(18)30-19)26-16-20(22-9-8-17(2)29-22)27-10-12-28-13-11-27/h4-9,19-20H,3,10-16H2,1-2H3,(H2,24,25,26). The van der Waals surface area contributed by atoms with Crippen molar-refractivity contribution in [3.63, 3.8) is 0 Å². The molecule has 2 aliphatic rings. The van der Waals surface area contributed by atoms with Gasteiger partial charge in [0.25, 0.3) is 0 Å². The lowest BCUT2D eigenvalue weighted by Crippen LogP contribution is -2.43. The Morgan fingerprint density at radius 2 is 2.00 bits per heavy atom. The second-order valence-corrected chi connectivity index (χ2v) is 7.76. The first-order valence-electron chi connectivity index (χ1n) is 10.9. The molecule has 1 fully saturated rings. The van der Waals surface area contributed by atoms with Crippen LogP contribution in [0.5, 0.6) is 5.75 Å². The number of aliphatic imine (C=N–C) groups is 1. The van der Waals surface area contributed by atoms with E-state index in [2.05, 4.69) is 40.7 Å². The van der Waals surface area contributed by atoms with Crippen LogP contribution in [-0.4, -0.2) is 62.9 Å². The number of hydrogen-bond acceptors (Lipinski definition) is 5. The fraction of sp³-hybridized carbons (Fsp3) is 0.522. The lowest BCUT2D eigenvalue weighted by atomic mass is 10.1. The van der Waals surface area contributed by atoms with E-state index in [1.165, 1.54) is 5.56 Å². The van der Waals surface area contributed by atoms with Gasteiger partial charge in [-0.25, -0.2) is 0 Å². The van der Waals surface area contributed by atoms with Crippen LogP contribution in [-0.2, 0) is 11.2 Å². The van der Waals surface area contributed by atoms with Gasteiger partial charge in [-0.3, -0.25) is 9.89 Å². The Hall–Kier alpha value is -2.51. The molecule has 0 spiro atoms. The van der Waals surface area contributed by atoms with E-state index in [0.717, 1.165) is 62.5 Å². The molecule has 0 radical (unpaired) electrons. The van der Waals surface area contributed by atoms with Crippen molar-refractivity contribution in [3.8, 4) is 5.75 Å². The van der Waals surface area contributed by atoms with Gasteiger partial charge in [0.1, 0.15) is 23.4 Å². The minimum Gasteiger partial charge on any atom is -0.488 e. The van der Waals surface area contributed by atoms with Crippen LogP contribution in [0.15, 0.2) is 45.8 Å². The third kappa shape index (κ3) is 5.15. The summed E-state index contributed by atoms with van der Waals surface area (Å²) in [7, 11) is 0. The van der Waals surface area contributed by atoms with Gasteiger partial charge in [0, 0.05) is 26.1 Å². The van der Waals surface area contributed by atoms with Gasteiger partial charge in [-0.05, 0) is 37.6 Å². The predicted octanol–water partition coefficient (Wildman–Crippen LogP) is 2.52. The Morgan fingerprint density at radius 3 is 2.73 bits per heavy atom. The summed E-state index contributed by atoms with van der Waals surface area (Å²) in [4.78, 5) is 7.28. The van der Waals surface area contributed by atoms with Crippen LogP contribution in [0.25, 0.3) is 0 Å². The largest absolute Gasteiger partial charge is 0.488 e. The molecule has 0 bridgehead atoms. The molecular formula is C23H32N4O3. The van der Waals surface area contributed by atoms with Crippen LogP contribution in [0.3, 0.4) is 0 Å². The number of benzene rings is 1. The molecule has 2 unspecified atom stereocenters. The number of fused-ring (bicyclic) bond motifs is 1. The molecular weight excluding hydrogens is 380 g/mol. The number of ether oxygens (including phenoxy) is 2. The molecule has 0 aliphatic carbocycles. The Balaban J connectivity index is 1.39. The van der Waals surface area contributed by atoms with E-state index in [1.54, 1.807) is 0 Å². The van der Waals surface area contributed by atoms with Gasteiger partial charge in [-0.1, -0.05) is 18.2 Å². The van der Waals surface area contributed by atoms with Crippen LogP contribution < -0.4 is 15.4 Å². The van der Waals surface area contributed by atoms with Crippen LogP contribution in [0.2, 0.25) is 0 Å². The zero-order valence-electron chi connectivity index (χ0n) is 17.9. The van der Waals surface area contributed by atoms with Gasteiger partial charge in [-0.2, -0.15) is 0 Å². The van der Waals surface area contributed by atoms with Crippen molar-refractivity contribution < 1.29 is 13.9 Å². The highest BCUT2D eigenvalue weighted by Gasteiger charge is 2.26. The topological polar surface area (TPSA) is 71.3 Å². The molecule has 0 amide bonds. The maximum atomic E-state index is 6.05. The second kappa shape index (κ2) is 10.00. The van der Waals surface area contributed by atoms with Gasteiger partial charge in [0.05, 0.1) is 32.3 Å². The molecule has 162 valence electrons. The van der Waals surface area contributed by atoms with Crippen molar-refractivity contribution in [1.82, 2.24) is 15.5 Å². The summed E-state index contributed by atoms with van der Waals surface area (Å²) in [5.74, 6) is 3.68. The fourth-order valence-electron chi connectivity index (χ4n) is 4.00. The van der Waals surface area contributed by atoms with E-state index < -0.39 is 0 Å². The Kier molecular flexibility index (Phi) is 6.92. The molecule has 7 nitrogen and oxygen atoms in total. The number of rotatable bonds is 7. The molecule has 3 heterocycles. The molecule has 1 saturated heterocycles. The Labute approximate surface area is 178 Å². The maximum Gasteiger partial charge on any atom is 0.191 e. The number of hydrogen-bond donors (Lipinski definition) is 2. The molecule has 4 rings (SSSR count). The van der Waals surface area contributed by atoms with Crippen LogP contribution >= 0.6 is 0 Å². The van der Waals surface area contributed by atoms with E-state index in [-0.39, 0.29) is 12.1 Å². The molecule has 2 aromatic rings. The highest BCUT2D eigenvalue weighted by atomic mass is 16.5. The zero-order chi connectivity index (χ0) is 20.8. The summed E-state index contributed by atoms with van der Waals surface area (Å²) < 4.78 is 17.5. The average molecular weight is 413 g/mol. The highest BCUT2D eigenvalue weighted by Crippen LogP contribution is 2.28. The van der Waals surface area contributed by atoms with Gasteiger partial charge in [0.2, 0.25) is 0 Å². The number of guanidine groups is 1. The number of aryl methyl sites for hydroxylation is 1. The van der Waals surface area contributed by atoms with Gasteiger partial charge in [-0.15, -0.1) is 0 Å². The number of morpholine rings is 1. The monoisotopic (exact) mass is 412 g/mol. The smallest absolute Gasteiger partial charge is 0.191 e. The summed E-state index contributed by atoms with van der Waals surface area (Å²) in [6.45, 7) is 9.46. The molecule has 2 aliphatic heterocycles. The maximum absolute atomic E-state index is 6.05. The van der Waals surface area contributed by atoms with Crippen LogP contribution in [0.4, 0.5) is 0 Å². The van der Waals surface area contributed by atoms with Crippen molar-refractivity contribution in [1.29, 1.82) is 0 Å². The van der Waals surface area contributed by atoms with Crippen molar-refractivity contribution in [2.75, 3.05) is 45.9 Å². The van der Waals surface area contributed by atoms with Crippen molar-refractivity contribution in [3.05, 3.63) is 53.5 Å². The summed E-state index contributed by atoms with van der Waals surface area (Å²) in [6, 6.07) is 12.4. The molecule has 1 aromatic heterocycles. The first-order chi connectivity index (χ1) is 14.7. The zero-order valence-corrected chi connectivity index (χ0v) is 17.9. The van der Waals surface area contributed by atoms with Crippen LogP contribution in [0, 0.1) is 6.92 Å². The van der Waals surface area contributed by atoms with Gasteiger partial charge < -0.3 is 24.5 Å². The van der Waals surface area contributed by atoms with E-state index in [4.69, 9.17) is 18.9 Å². The highest BCUT2D eigenvalue weighted by molar-refractivity contribution is 5.79. The van der Waals surface area contributed by atoms with Gasteiger partial charge >= 0.3 is 0 Å². The van der Waals surface area contributed by atoms with Crippen molar-refractivity contribution >= 4 is 5.96 Å². The summed E-state index contributed by atoms with van der Waals surface area (Å²) in [5, 5.41) is 6.80. The number of furan rings is 1. The molecule has 7 heteroatoms. The van der Waals surface area contributed by atoms with E-state index in [9.17, 15) is 0 Å². The first-order valence-corrected chi connectivity index (χ1v) is 10.9.